The quantitative estimate of drug-likeness (QED) is 0.170. The van der Waals surface area contributed by atoms with Crippen molar-refractivity contribution in [3.8, 4) is 11.1 Å². The van der Waals surface area contributed by atoms with Crippen LogP contribution in [0.15, 0.2) is 99.9 Å². The molecule has 0 amide bonds. The van der Waals surface area contributed by atoms with E-state index in [0.29, 0.717) is 5.92 Å². The van der Waals surface area contributed by atoms with Crippen LogP contribution in [-0.2, 0) is 38.5 Å². The standard InChI is InChI=1S/C23H29.C13H10.C11H17.Zr/c1-14-9-16-11-17-10-15(2)21(23(6,7)8)13-19(17)18(16)12-20(14)22(3,4)5;1-3-7-12(8-4-1)11-13-9-5-2-6-10-13;1-5-9-6-7-10(8-9)11(2,3)4;/h9,12-13H,11H2,1-8H3;1-10H;7-9H,5H2,1-4H3;. The molecule has 248 valence electrons. The van der Waals surface area contributed by atoms with Crippen LogP contribution in [0, 0.1) is 25.2 Å². The first kappa shape index (κ1) is 35.0. The van der Waals surface area contributed by atoms with E-state index < -0.39 is 21.3 Å². The van der Waals surface area contributed by atoms with E-state index in [0.717, 1.165) is 12.8 Å². The van der Waals surface area contributed by atoms with Crippen molar-refractivity contribution in [2.45, 2.75) is 107 Å². The minimum atomic E-state index is -2.95. The number of benzene rings is 4. The van der Waals surface area contributed by atoms with Crippen LogP contribution in [0.1, 0.15) is 120 Å². The van der Waals surface area contributed by atoms with Crippen molar-refractivity contribution in [2.75, 3.05) is 0 Å². The molecule has 1 unspecified atom stereocenters. The number of allylic oxidation sites excluding steroid dienone is 4. The van der Waals surface area contributed by atoms with Crippen molar-refractivity contribution >= 4 is 6.48 Å². The first-order chi connectivity index (χ1) is 22.5. The Morgan fingerprint density at radius 3 is 1.73 bits per heavy atom. The molecule has 0 bridgehead atoms. The average Bonchev–Trinajstić information content (AvgIpc) is 3.60. The van der Waals surface area contributed by atoms with Gasteiger partial charge in [-0.1, -0.05) is 0 Å². The van der Waals surface area contributed by atoms with Gasteiger partial charge in [-0.05, 0) is 0 Å². The molecule has 0 saturated heterocycles. The van der Waals surface area contributed by atoms with Crippen LogP contribution in [0.5, 0.6) is 0 Å². The summed E-state index contributed by atoms with van der Waals surface area (Å²) in [5.41, 5.74) is 16.6. The fourth-order valence-electron chi connectivity index (χ4n) is 8.31. The molecule has 0 aliphatic heterocycles. The summed E-state index contributed by atoms with van der Waals surface area (Å²) in [5.74, 6) is 0.475. The van der Waals surface area contributed by atoms with E-state index in [2.05, 4.69) is 174 Å². The molecule has 0 saturated carbocycles. The number of rotatable bonds is 5. The molecule has 0 spiro atoms. The predicted molar refractivity (Wildman–Crippen MR) is 207 cm³/mol. The summed E-state index contributed by atoms with van der Waals surface area (Å²) in [6.07, 6.45) is 7.50. The van der Waals surface area contributed by atoms with Gasteiger partial charge < -0.3 is 0 Å². The Kier molecular flexibility index (Phi) is 9.30. The second-order valence-electron chi connectivity index (χ2n) is 17.4. The molecule has 1 heteroatoms. The Bertz CT molecular complexity index is 1920. The number of hydrogen-bond acceptors (Lipinski definition) is 0. The molecule has 0 nitrogen and oxygen atoms in total. The fourth-order valence-corrected chi connectivity index (χ4v) is 17.5. The third kappa shape index (κ3) is 6.42. The Morgan fingerprint density at radius 1 is 0.688 bits per heavy atom. The first-order valence-corrected chi connectivity index (χ1v) is 21.8. The van der Waals surface area contributed by atoms with Crippen molar-refractivity contribution in [2.24, 2.45) is 11.3 Å². The van der Waals surface area contributed by atoms with E-state index in [9.17, 15) is 0 Å². The van der Waals surface area contributed by atoms with E-state index in [-0.39, 0.29) is 16.2 Å². The second-order valence-corrected chi connectivity index (χ2v) is 23.1. The van der Waals surface area contributed by atoms with Crippen molar-refractivity contribution in [1.29, 1.82) is 0 Å². The predicted octanol–water partition coefficient (Wildman–Crippen LogP) is 11.9. The van der Waals surface area contributed by atoms with Crippen molar-refractivity contribution in [3.05, 3.63) is 144 Å². The van der Waals surface area contributed by atoms with Crippen molar-refractivity contribution < 1.29 is 21.3 Å². The van der Waals surface area contributed by atoms with Gasteiger partial charge in [-0.3, -0.25) is 0 Å². The first-order valence-electron chi connectivity index (χ1n) is 18.1. The van der Waals surface area contributed by atoms with E-state index in [1.165, 1.54) is 50.1 Å². The minimum absolute atomic E-state index is 0.0329. The summed E-state index contributed by atoms with van der Waals surface area (Å²) < 4.78 is 5.08. The summed E-state index contributed by atoms with van der Waals surface area (Å²) in [7, 11) is 0. The summed E-state index contributed by atoms with van der Waals surface area (Å²) in [6.45, 7) is 28.7. The molecule has 0 fully saturated rings. The summed E-state index contributed by atoms with van der Waals surface area (Å²) >= 11 is -2.95. The normalized spacial score (nSPS) is 16.0. The van der Waals surface area contributed by atoms with Gasteiger partial charge >= 0.3 is 301 Å². The monoisotopic (exact) mass is 710 g/mol. The number of hydrogen-bond donors (Lipinski definition) is 0. The number of fused-ring (bicyclic) bond motifs is 3. The molecule has 2 aliphatic rings. The zero-order chi connectivity index (χ0) is 34.8. The van der Waals surface area contributed by atoms with Gasteiger partial charge in [0.2, 0.25) is 0 Å². The Labute approximate surface area is 299 Å². The summed E-state index contributed by atoms with van der Waals surface area (Å²) in [4.78, 5) is 0. The number of aryl methyl sites for hydroxylation is 1. The van der Waals surface area contributed by atoms with Gasteiger partial charge in [0.05, 0.1) is 0 Å². The Balaban J connectivity index is 1.81. The van der Waals surface area contributed by atoms with Gasteiger partial charge in [-0.2, -0.15) is 0 Å². The van der Waals surface area contributed by atoms with Crippen LogP contribution in [0.3, 0.4) is 0 Å². The van der Waals surface area contributed by atoms with E-state index in [4.69, 9.17) is 0 Å². The fraction of sp³-hybridized carbons (Fsp3) is 0.383. The van der Waals surface area contributed by atoms with Crippen molar-refractivity contribution in [1.82, 2.24) is 0 Å². The maximum atomic E-state index is 2.69. The van der Waals surface area contributed by atoms with Crippen LogP contribution >= 0.6 is 0 Å². The average molecular weight is 712 g/mol. The van der Waals surface area contributed by atoms with E-state index in [1.54, 1.807) is 20.9 Å². The topological polar surface area (TPSA) is 0 Å². The SMILES string of the molecule is CCC1C=C(C(C)(C)C)C=[C]1[Zr](=[C](c1ccccc1)c1ccccc1)[c]1c(C)c(C(C)(C)C)cc2c1Cc1cc(C)c(C(C)(C)C)cc1-2. The van der Waals surface area contributed by atoms with Crippen LogP contribution in [0.25, 0.3) is 11.1 Å². The Hall–Kier alpha value is -2.89. The zero-order valence-electron chi connectivity index (χ0n) is 31.7. The maximum absolute atomic E-state index is 2.95. The zero-order valence-corrected chi connectivity index (χ0v) is 34.1. The molecule has 0 N–H and O–H groups in total. The summed E-state index contributed by atoms with van der Waals surface area (Å²) in [5, 5.41) is 0. The molecular weight excluding hydrogens is 656 g/mol. The van der Waals surface area contributed by atoms with Gasteiger partial charge in [0.15, 0.2) is 0 Å². The van der Waals surface area contributed by atoms with E-state index >= 15 is 0 Å². The molecule has 0 radical (unpaired) electrons. The Morgan fingerprint density at radius 2 is 1.23 bits per heavy atom. The molecular formula is C47H56Zr. The van der Waals surface area contributed by atoms with Crippen LogP contribution in [0.2, 0.25) is 0 Å². The van der Waals surface area contributed by atoms with Gasteiger partial charge in [0, 0.05) is 0 Å². The molecule has 0 aromatic heterocycles. The van der Waals surface area contributed by atoms with Gasteiger partial charge in [0.1, 0.15) is 0 Å². The molecule has 1 atom stereocenters. The van der Waals surface area contributed by atoms with Crippen LogP contribution < -0.4 is 3.27 Å². The molecule has 4 aromatic carbocycles. The third-order valence-electron chi connectivity index (χ3n) is 10.7. The molecule has 0 heterocycles. The third-order valence-corrected chi connectivity index (χ3v) is 19.0. The van der Waals surface area contributed by atoms with Crippen molar-refractivity contribution in [3.63, 3.8) is 0 Å². The second kappa shape index (κ2) is 12.8. The van der Waals surface area contributed by atoms with Gasteiger partial charge in [-0.25, -0.2) is 0 Å². The van der Waals surface area contributed by atoms with Crippen LogP contribution in [0.4, 0.5) is 0 Å². The van der Waals surface area contributed by atoms with E-state index in [1.807, 2.05) is 0 Å². The molecule has 2 aliphatic carbocycles. The molecule has 48 heavy (non-hydrogen) atoms. The molecule has 6 rings (SSSR count). The van der Waals surface area contributed by atoms with Crippen LogP contribution in [-0.4, -0.2) is 3.21 Å². The van der Waals surface area contributed by atoms with Gasteiger partial charge in [-0.15, -0.1) is 0 Å². The van der Waals surface area contributed by atoms with Gasteiger partial charge in [0.25, 0.3) is 0 Å². The molecule has 4 aromatic rings. The summed E-state index contributed by atoms with van der Waals surface area (Å²) in [6, 6.07) is 30.5.